The van der Waals surface area contributed by atoms with Gasteiger partial charge in [0, 0.05) is 5.69 Å². The third-order valence-corrected chi connectivity index (χ3v) is 2.51. The van der Waals surface area contributed by atoms with Crippen LogP contribution in [0.15, 0.2) is 41.2 Å². The summed E-state index contributed by atoms with van der Waals surface area (Å²) in [5.41, 5.74) is 7.00. The summed E-state index contributed by atoms with van der Waals surface area (Å²) in [6.45, 7) is 1.75. The van der Waals surface area contributed by atoms with E-state index in [1.54, 1.807) is 37.3 Å². The highest BCUT2D eigenvalue weighted by Crippen LogP contribution is 2.17. The third kappa shape index (κ3) is 2.40. The van der Waals surface area contributed by atoms with Crippen molar-refractivity contribution in [1.82, 2.24) is 4.98 Å². The van der Waals surface area contributed by atoms with Crippen molar-refractivity contribution in [3.8, 4) is 0 Å². The Bertz CT molecular complexity index is 647. The van der Waals surface area contributed by atoms with Gasteiger partial charge in [-0.2, -0.15) is 0 Å². The summed E-state index contributed by atoms with van der Waals surface area (Å²) in [5.74, 6) is -0.478. The number of anilines is 2. The summed E-state index contributed by atoms with van der Waals surface area (Å²) in [5, 5.41) is 2.60. The summed E-state index contributed by atoms with van der Waals surface area (Å²) in [7, 11) is 0. The van der Waals surface area contributed by atoms with Gasteiger partial charge in [-0.25, -0.2) is 0 Å². The van der Waals surface area contributed by atoms with E-state index in [2.05, 4.69) is 10.3 Å². The molecule has 4 N–H and O–H groups in total. The SMILES string of the molecule is Cc1ccc(C(=O)Nc2ccccc2N)c(=O)[nH]1. The van der Waals surface area contributed by atoms with Gasteiger partial charge < -0.3 is 16.0 Å². The Morgan fingerprint density at radius 2 is 1.94 bits per heavy atom. The monoisotopic (exact) mass is 243 g/mol. The molecular formula is C13H13N3O2. The Labute approximate surface area is 104 Å². The van der Waals surface area contributed by atoms with Crippen LogP contribution in [0.5, 0.6) is 0 Å². The van der Waals surface area contributed by atoms with E-state index in [4.69, 9.17) is 5.73 Å². The van der Waals surface area contributed by atoms with Crippen molar-refractivity contribution >= 4 is 17.3 Å². The van der Waals surface area contributed by atoms with E-state index in [9.17, 15) is 9.59 Å². The molecular weight excluding hydrogens is 230 g/mol. The number of nitrogens with one attached hydrogen (secondary N) is 2. The van der Waals surface area contributed by atoms with Gasteiger partial charge in [-0.1, -0.05) is 12.1 Å². The summed E-state index contributed by atoms with van der Waals surface area (Å²) in [6, 6.07) is 10.0. The van der Waals surface area contributed by atoms with Crippen LogP contribution >= 0.6 is 0 Å². The maximum Gasteiger partial charge on any atom is 0.261 e. The zero-order valence-corrected chi connectivity index (χ0v) is 9.86. The number of H-pyrrole nitrogens is 1. The molecule has 0 saturated carbocycles. The second-order valence-corrected chi connectivity index (χ2v) is 3.93. The number of aromatic amines is 1. The zero-order chi connectivity index (χ0) is 13.1. The van der Waals surface area contributed by atoms with E-state index >= 15 is 0 Å². The Hall–Kier alpha value is -2.56. The number of hydrogen-bond acceptors (Lipinski definition) is 3. The molecule has 0 radical (unpaired) electrons. The van der Waals surface area contributed by atoms with E-state index in [-0.39, 0.29) is 5.56 Å². The topological polar surface area (TPSA) is 88.0 Å². The van der Waals surface area contributed by atoms with E-state index in [1.165, 1.54) is 6.07 Å². The van der Waals surface area contributed by atoms with Crippen LogP contribution in [0, 0.1) is 6.92 Å². The van der Waals surface area contributed by atoms with Crippen LogP contribution < -0.4 is 16.6 Å². The van der Waals surface area contributed by atoms with Crippen LogP contribution in [0.4, 0.5) is 11.4 Å². The predicted molar refractivity (Wildman–Crippen MR) is 70.6 cm³/mol. The first-order valence-corrected chi connectivity index (χ1v) is 5.43. The maximum atomic E-state index is 11.9. The Balaban J connectivity index is 2.28. The van der Waals surface area contributed by atoms with Crippen molar-refractivity contribution in [3.05, 3.63) is 58.0 Å². The summed E-state index contributed by atoms with van der Waals surface area (Å²) < 4.78 is 0. The molecule has 1 aromatic carbocycles. The molecule has 92 valence electrons. The van der Waals surface area contributed by atoms with Crippen molar-refractivity contribution in [3.63, 3.8) is 0 Å². The molecule has 0 saturated heterocycles. The number of hydrogen-bond donors (Lipinski definition) is 3. The number of pyridine rings is 1. The fourth-order valence-corrected chi connectivity index (χ4v) is 1.55. The van der Waals surface area contributed by atoms with Crippen molar-refractivity contribution in [2.45, 2.75) is 6.92 Å². The number of aromatic nitrogens is 1. The van der Waals surface area contributed by atoms with Gasteiger partial charge >= 0.3 is 0 Å². The molecule has 2 rings (SSSR count). The lowest BCUT2D eigenvalue weighted by atomic mass is 10.2. The largest absolute Gasteiger partial charge is 0.397 e. The number of rotatable bonds is 2. The molecule has 0 spiro atoms. The molecule has 0 aliphatic heterocycles. The normalized spacial score (nSPS) is 10.1. The molecule has 0 fully saturated rings. The van der Waals surface area contributed by atoms with Gasteiger partial charge in [0.1, 0.15) is 5.56 Å². The molecule has 0 aliphatic rings. The average molecular weight is 243 g/mol. The fourth-order valence-electron chi connectivity index (χ4n) is 1.55. The number of benzene rings is 1. The molecule has 1 heterocycles. The van der Waals surface area contributed by atoms with Crippen molar-refractivity contribution in [2.75, 3.05) is 11.1 Å². The highest BCUT2D eigenvalue weighted by molar-refractivity contribution is 6.05. The predicted octanol–water partition coefficient (Wildman–Crippen LogP) is 1.52. The van der Waals surface area contributed by atoms with Crippen molar-refractivity contribution < 1.29 is 4.79 Å². The molecule has 0 unspecified atom stereocenters. The number of para-hydroxylation sites is 2. The molecule has 2 aromatic rings. The number of nitrogen functional groups attached to an aromatic ring is 1. The fraction of sp³-hybridized carbons (Fsp3) is 0.0769. The highest BCUT2D eigenvalue weighted by Gasteiger charge is 2.11. The molecule has 1 amide bonds. The maximum absolute atomic E-state index is 11.9. The van der Waals surface area contributed by atoms with E-state index in [0.29, 0.717) is 17.1 Å². The second-order valence-electron chi connectivity index (χ2n) is 3.93. The number of amides is 1. The minimum atomic E-state index is -0.478. The van der Waals surface area contributed by atoms with Gasteiger partial charge in [-0.15, -0.1) is 0 Å². The molecule has 0 aliphatic carbocycles. The Kier molecular flexibility index (Phi) is 3.14. The zero-order valence-electron chi connectivity index (χ0n) is 9.86. The summed E-state index contributed by atoms with van der Waals surface area (Å²) in [4.78, 5) is 26.1. The Morgan fingerprint density at radius 1 is 1.22 bits per heavy atom. The first-order chi connectivity index (χ1) is 8.58. The van der Waals surface area contributed by atoms with E-state index in [1.807, 2.05) is 0 Å². The minimum absolute atomic E-state index is 0.0591. The number of aryl methyl sites for hydroxylation is 1. The van der Waals surface area contributed by atoms with Crippen LogP contribution in [-0.4, -0.2) is 10.9 Å². The smallest absolute Gasteiger partial charge is 0.261 e. The molecule has 1 aromatic heterocycles. The molecule has 5 nitrogen and oxygen atoms in total. The number of nitrogens with two attached hydrogens (primary N) is 1. The number of carbonyl (C=O) groups is 1. The highest BCUT2D eigenvalue weighted by atomic mass is 16.2. The van der Waals surface area contributed by atoms with E-state index in [0.717, 1.165) is 0 Å². The van der Waals surface area contributed by atoms with Crippen LogP contribution in [0.25, 0.3) is 0 Å². The van der Waals surface area contributed by atoms with E-state index < -0.39 is 11.5 Å². The van der Waals surface area contributed by atoms with Crippen LogP contribution in [0.2, 0.25) is 0 Å². The third-order valence-electron chi connectivity index (χ3n) is 2.51. The van der Waals surface area contributed by atoms with Crippen LogP contribution in [0.1, 0.15) is 16.1 Å². The van der Waals surface area contributed by atoms with Gasteiger partial charge in [0.15, 0.2) is 0 Å². The van der Waals surface area contributed by atoms with Crippen LogP contribution in [-0.2, 0) is 0 Å². The number of carbonyl (C=O) groups excluding carboxylic acids is 1. The second kappa shape index (κ2) is 4.75. The lowest BCUT2D eigenvalue weighted by molar-refractivity contribution is 0.102. The summed E-state index contributed by atoms with van der Waals surface area (Å²) >= 11 is 0. The average Bonchev–Trinajstić information content (AvgIpc) is 2.32. The van der Waals surface area contributed by atoms with Crippen molar-refractivity contribution in [1.29, 1.82) is 0 Å². The molecule has 0 bridgehead atoms. The van der Waals surface area contributed by atoms with Gasteiger partial charge in [0.05, 0.1) is 11.4 Å². The molecule has 0 atom stereocenters. The van der Waals surface area contributed by atoms with Gasteiger partial charge in [-0.3, -0.25) is 9.59 Å². The van der Waals surface area contributed by atoms with Gasteiger partial charge in [0.25, 0.3) is 11.5 Å². The Morgan fingerprint density at radius 3 is 2.61 bits per heavy atom. The standard InChI is InChI=1S/C13H13N3O2/c1-8-6-7-9(12(17)15-8)13(18)16-11-5-3-2-4-10(11)14/h2-7H,14H2,1H3,(H,15,17)(H,16,18). The first kappa shape index (κ1) is 11.9. The first-order valence-electron chi connectivity index (χ1n) is 5.43. The van der Waals surface area contributed by atoms with Gasteiger partial charge in [0.2, 0.25) is 0 Å². The van der Waals surface area contributed by atoms with Crippen molar-refractivity contribution in [2.24, 2.45) is 0 Å². The lowest BCUT2D eigenvalue weighted by Gasteiger charge is -2.07. The molecule has 18 heavy (non-hydrogen) atoms. The van der Waals surface area contributed by atoms with Gasteiger partial charge in [-0.05, 0) is 31.2 Å². The quantitative estimate of drug-likeness (QED) is 0.699. The summed E-state index contributed by atoms with van der Waals surface area (Å²) in [6.07, 6.45) is 0. The minimum Gasteiger partial charge on any atom is -0.397 e. The molecule has 5 heteroatoms. The lowest BCUT2D eigenvalue weighted by Crippen LogP contribution is -2.23. The van der Waals surface area contributed by atoms with Crippen LogP contribution in [0.3, 0.4) is 0 Å².